The molecule has 1 aliphatic rings. The lowest BCUT2D eigenvalue weighted by Gasteiger charge is -2.19. The molecule has 0 saturated carbocycles. The molecule has 1 aromatic rings. The zero-order chi connectivity index (χ0) is 17.4. The van der Waals surface area contributed by atoms with E-state index in [0.29, 0.717) is 32.8 Å². The molecule has 6 nitrogen and oxygen atoms in total. The minimum absolute atomic E-state index is 0.0485. The molecule has 1 aliphatic heterocycles. The van der Waals surface area contributed by atoms with Gasteiger partial charge in [0.2, 0.25) is 5.91 Å². The van der Waals surface area contributed by atoms with Gasteiger partial charge in [0.05, 0.1) is 6.61 Å². The van der Waals surface area contributed by atoms with E-state index >= 15 is 0 Å². The molecule has 0 radical (unpaired) electrons. The molecule has 0 bridgehead atoms. The molecular formula is C18H25N3O3. The fourth-order valence-corrected chi connectivity index (χ4v) is 2.53. The lowest BCUT2D eigenvalue weighted by molar-refractivity contribution is -0.125. The van der Waals surface area contributed by atoms with Gasteiger partial charge in [-0.05, 0) is 36.6 Å². The standard InChI is InChI=1S/C18H25N3O3/c1-2-14-24-16-7-4-15(5-8-16)6-9-17(22)20-10-3-11-21(13-12-20)18(19)23/h4-9H,2-3,10-14H2,1H3,(H2,19,23)/b9-6+. The molecule has 0 atom stereocenters. The molecule has 130 valence electrons. The van der Waals surface area contributed by atoms with E-state index in [2.05, 4.69) is 6.92 Å². The van der Waals surface area contributed by atoms with Crippen molar-refractivity contribution in [1.29, 1.82) is 0 Å². The Hall–Kier alpha value is -2.50. The second kappa shape index (κ2) is 8.96. The molecule has 1 aromatic carbocycles. The maximum atomic E-state index is 12.3. The number of rotatable bonds is 5. The lowest BCUT2D eigenvalue weighted by atomic mass is 10.2. The quantitative estimate of drug-likeness (QED) is 0.840. The Labute approximate surface area is 142 Å². The summed E-state index contributed by atoms with van der Waals surface area (Å²) in [4.78, 5) is 26.8. The predicted octanol–water partition coefficient (Wildman–Crippen LogP) is 2.10. The van der Waals surface area contributed by atoms with Gasteiger partial charge in [0.1, 0.15) is 5.75 Å². The van der Waals surface area contributed by atoms with Crippen LogP contribution in [-0.4, -0.2) is 54.5 Å². The number of urea groups is 1. The monoisotopic (exact) mass is 331 g/mol. The Morgan fingerprint density at radius 2 is 1.79 bits per heavy atom. The van der Waals surface area contributed by atoms with Gasteiger partial charge in [-0.3, -0.25) is 4.79 Å². The maximum Gasteiger partial charge on any atom is 0.314 e. The van der Waals surface area contributed by atoms with Crippen molar-refractivity contribution in [1.82, 2.24) is 9.80 Å². The fourth-order valence-electron chi connectivity index (χ4n) is 2.53. The Morgan fingerprint density at radius 1 is 1.12 bits per heavy atom. The van der Waals surface area contributed by atoms with Crippen LogP contribution in [0.3, 0.4) is 0 Å². The molecule has 0 unspecified atom stereocenters. The highest BCUT2D eigenvalue weighted by Gasteiger charge is 2.19. The molecular weight excluding hydrogens is 306 g/mol. The number of carbonyl (C=O) groups excluding carboxylic acids is 2. The summed E-state index contributed by atoms with van der Waals surface area (Å²) in [6, 6.07) is 7.22. The Morgan fingerprint density at radius 3 is 2.46 bits per heavy atom. The van der Waals surface area contributed by atoms with Gasteiger partial charge >= 0.3 is 6.03 Å². The zero-order valence-electron chi connectivity index (χ0n) is 14.1. The van der Waals surface area contributed by atoms with Crippen LogP contribution >= 0.6 is 0 Å². The summed E-state index contributed by atoms with van der Waals surface area (Å²) in [5.41, 5.74) is 6.24. The first kappa shape index (κ1) is 17.8. The number of hydrogen-bond donors (Lipinski definition) is 1. The largest absolute Gasteiger partial charge is 0.494 e. The molecule has 0 spiro atoms. The minimum Gasteiger partial charge on any atom is -0.494 e. The summed E-state index contributed by atoms with van der Waals surface area (Å²) in [6.45, 7) is 4.99. The molecule has 1 fully saturated rings. The molecule has 2 N–H and O–H groups in total. The third kappa shape index (κ3) is 5.30. The van der Waals surface area contributed by atoms with Gasteiger partial charge < -0.3 is 20.3 Å². The molecule has 0 aromatic heterocycles. The van der Waals surface area contributed by atoms with Crippen LogP contribution in [0.2, 0.25) is 0 Å². The summed E-state index contributed by atoms with van der Waals surface area (Å²) in [5, 5.41) is 0. The topological polar surface area (TPSA) is 75.9 Å². The van der Waals surface area contributed by atoms with Crippen molar-refractivity contribution in [3.05, 3.63) is 35.9 Å². The highest BCUT2D eigenvalue weighted by molar-refractivity contribution is 5.91. The van der Waals surface area contributed by atoms with Crippen LogP contribution in [0.15, 0.2) is 30.3 Å². The molecule has 2 rings (SSSR count). The van der Waals surface area contributed by atoms with Crippen LogP contribution in [-0.2, 0) is 4.79 Å². The molecule has 1 heterocycles. The number of nitrogens with two attached hydrogens (primary N) is 1. The minimum atomic E-state index is -0.426. The average Bonchev–Trinajstić information content (AvgIpc) is 2.85. The predicted molar refractivity (Wildman–Crippen MR) is 93.6 cm³/mol. The Balaban J connectivity index is 1.89. The van der Waals surface area contributed by atoms with Crippen LogP contribution in [0.1, 0.15) is 25.3 Å². The van der Waals surface area contributed by atoms with Crippen LogP contribution < -0.4 is 10.5 Å². The maximum absolute atomic E-state index is 12.3. The van der Waals surface area contributed by atoms with E-state index in [1.165, 1.54) is 0 Å². The second-order valence-corrected chi connectivity index (χ2v) is 5.75. The highest BCUT2D eigenvalue weighted by atomic mass is 16.5. The van der Waals surface area contributed by atoms with Crippen LogP contribution in [0.4, 0.5) is 4.79 Å². The van der Waals surface area contributed by atoms with Gasteiger partial charge in [-0.2, -0.15) is 0 Å². The van der Waals surface area contributed by atoms with E-state index in [-0.39, 0.29) is 5.91 Å². The van der Waals surface area contributed by atoms with Gasteiger partial charge in [-0.1, -0.05) is 19.1 Å². The lowest BCUT2D eigenvalue weighted by Crippen LogP contribution is -2.39. The summed E-state index contributed by atoms with van der Waals surface area (Å²) in [7, 11) is 0. The van der Waals surface area contributed by atoms with Gasteiger partial charge in [-0.25, -0.2) is 4.79 Å². The van der Waals surface area contributed by atoms with Crippen molar-refractivity contribution in [2.24, 2.45) is 5.73 Å². The number of hydrogen-bond acceptors (Lipinski definition) is 3. The number of amides is 3. The number of carbonyl (C=O) groups is 2. The van der Waals surface area contributed by atoms with Crippen LogP contribution in [0, 0.1) is 0 Å². The van der Waals surface area contributed by atoms with Crippen molar-refractivity contribution < 1.29 is 14.3 Å². The molecule has 3 amide bonds. The third-order valence-corrected chi connectivity index (χ3v) is 3.89. The Kier molecular flexibility index (Phi) is 6.66. The summed E-state index contributed by atoms with van der Waals surface area (Å²) >= 11 is 0. The molecule has 0 aliphatic carbocycles. The van der Waals surface area contributed by atoms with E-state index in [4.69, 9.17) is 10.5 Å². The van der Waals surface area contributed by atoms with E-state index in [1.54, 1.807) is 22.0 Å². The third-order valence-electron chi connectivity index (χ3n) is 3.89. The van der Waals surface area contributed by atoms with Gasteiger partial charge in [-0.15, -0.1) is 0 Å². The number of ether oxygens (including phenoxy) is 1. The van der Waals surface area contributed by atoms with Gasteiger partial charge in [0.25, 0.3) is 0 Å². The zero-order valence-corrected chi connectivity index (χ0v) is 14.1. The first-order chi connectivity index (χ1) is 11.6. The van der Waals surface area contributed by atoms with Crippen molar-refractivity contribution in [2.75, 3.05) is 32.8 Å². The number of nitrogens with zero attached hydrogens (tertiary/aromatic N) is 2. The van der Waals surface area contributed by atoms with E-state index in [0.717, 1.165) is 24.2 Å². The van der Waals surface area contributed by atoms with Crippen molar-refractivity contribution in [3.8, 4) is 5.75 Å². The summed E-state index contributed by atoms with van der Waals surface area (Å²) in [6.07, 6.45) is 5.08. The second-order valence-electron chi connectivity index (χ2n) is 5.75. The number of primary amides is 1. The molecule has 1 saturated heterocycles. The first-order valence-corrected chi connectivity index (χ1v) is 8.34. The normalized spacial score (nSPS) is 15.4. The van der Waals surface area contributed by atoms with Crippen LogP contribution in [0.25, 0.3) is 6.08 Å². The van der Waals surface area contributed by atoms with Gasteiger partial charge in [0, 0.05) is 32.3 Å². The summed E-state index contributed by atoms with van der Waals surface area (Å²) < 4.78 is 5.53. The number of benzene rings is 1. The smallest absolute Gasteiger partial charge is 0.314 e. The van der Waals surface area contributed by atoms with E-state index in [1.807, 2.05) is 24.3 Å². The Bertz CT molecular complexity index is 584. The van der Waals surface area contributed by atoms with Crippen molar-refractivity contribution in [3.63, 3.8) is 0 Å². The fraction of sp³-hybridized carbons (Fsp3) is 0.444. The summed E-state index contributed by atoms with van der Waals surface area (Å²) in [5.74, 6) is 0.784. The average molecular weight is 331 g/mol. The molecule has 24 heavy (non-hydrogen) atoms. The van der Waals surface area contributed by atoms with Crippen molar-refractivity contribution in [2.45, 2.75) is 19.8 Å². The first-order valence-electron chi connectivity index (χ1n) is 8.34. The highest BCUT2D eigenvalue weighted by Crippen LogP contribution is 2.14. The molecule has 6 heteroatoms. The van der Waals surface area contributed by atoms with E-state index < -0.39 is 6.03 Å². The SMILES string of the molecule is CCCOc1ccc(/C=C/C(=O)N2CCCN(C(N)=O)CC2)cc1. The van der Waals surface area contributed by atoms with Crippen LogP contribution in [0.5, 0.6) is 5.75 Å². The van der Waals surface area contributed by atoms with E-state index in [9.17, 15) is 9.59 Å². The van der Waals surface area contributed by atoms with Gasteiger partial charge in [0.15, 0.2) is 0 Å². The van der Waals surface area contributed by atoms with Crippen molar-refractivity contribution >= 4 is 18.0 Å².